The predicted octanol–water partition coefficient (Wildman–Crippen LogP) is -0.0794. The van der Waals surface area contributed by atoms with Crippen LogP contribution in [-0.4, -0.2) is 27.7 Å². The predicted molar refractivity (Wildman–Crippen MR) is 61.5 cm³/mol. The van der Waals surface area contributed by atoms with E-state index in [4.69, 9.17) is 5.73 Å². The number of nitrogen functional groups attached to an aromatic ring is 1. The van der Waals surface area contributed by atoms with Gasteiger partial charge in [-0.15, -0.1) is 0 Å². The third kappa shape index (κ3) is 4.03. The second kappa shape index (κ2) is 5.80. The molecule has 0 saturated carbocycles. The van der Waals surface area contributed by atoms with Gasteiger partial charge in [0, 0.05) is 12.2 Å². The lowest BCUT2D eigenvalue weighted by molar-refractivity contribution is 0.159. The van der Waals surface area contributed by atoms with E-state index in [1.807, 2.05) is 4.72 Å². The van der Waals surface area contributed by atoms with Crippen LogP contribution >= 0.6 is 0 Å². The van der Waals surface area contributed by atoms with Crippen LogP contribution in [0.1, 0.15) is 0 Å². The molecule has 7 nitrogen and oxygen atoms in total. The van der Waals surface area contributed by atoms with Gasteiger partial charge in [-0.2, -0.15) is 0 Å². The zero-order chi connectivity index (χ0) is 14.6. The Hall–Kier alpha value is -1.94. The van der Waals surface area contributed by atoms with Gasteiger partial charge in [-0.1, -0.05) is 0 Å². The minimum atomic E-state index is -4.31. The van der Waals surface area contributed by atoms with Gasteiger partial charge in [-0.25, -0.2) is 26.7 Å². The standard InChI is InChI=1S/C9H11F2N3O4S/c10-6-3-5(12)4-7(8(6)11)19(16,17)14-1-2-18-9(13)15/h3-4,14H,1-2,12H2,(H2,13,15). The van der Waals surface area contributed by atoms with Crippen LogP contribution in [0, 0.1) is 11.6 Å². The second-order valence-electron chi connectivity index (χ2n) is 3.38. The fraction of sp³-hybridized carbons (Fsp3) is 0.222. The quantitative estimate of drug-likeness (QED) is 0.517. The summed E-state index contributed by atoms with van der Waals surface area (Å²) in [6.45, 7) is -0.692. The molecule has 0 bridgehead atoms. The van der Waals surface area contributed by atoms with E-state index in [1.54, 1.807) is 0 Å². The molecule has 0 heterocycles. The normalized spacial score (nSPS) is 11.3. The third-order valence-corrected chi connectivity index (χ3v) is 3.41. The van der Waals surface area contributed by atoms with Gasteiger partial charge in [0.1, 0.15) is 11.5 Å². The average molecular weight is 295 g/mol. The van der Waals surface area contributed by atoms with Crippen LogP contribution in [0.2, 0.25) is 0 Å². The molecule has 0 fully saturated rings. The first kappa shape index (κ1) is 15.1. The summed E-state index contributed by atoms with van der Waals surface area (Å²) in [6.07, 6.45) is -1.08. The lowest BCUT2D eigenvalue weighted by Gasteiger charge is -2.09. The number of hydrogen-bond donors (Lipinski definition) is 3. The average Bonchev–Trinajstić information content (AvgIpc) is 2.29. The molecule has 0 saturated heterocycles. The summed E-state index contributed by atoms with van der Waals surface area (Å²) in [5, 5.41) is 0. The smallest absolute Gasteiger partial charge is 0.404 e. The fourth-order valence-corrected chi connectivity index (χ4v) is 2.32. The molecule has 0 spiro atoms. The highest BCUT2D eigenvalue weighted by Gasteiger charge is 2.22. The highest BCUT2D eigenvalue weighted by Crippen LogP contribution is 2.20. The van der Waals surface area contributed by atoms with E-state index in [1.165, 1.54) is 0 Å². The van der Waals surface area contributed by atoms with Gasteiger partial charge in [0.2, 0.25) is 10.0 Å². The van der Waals surface area contributed by atoms with Crippen molar-refractivity contribution in [1.82, 2.24) is 4.72 Å². The first-order valence-electron chi connectivity index (χ1n) is 4.90. The Labute approximate surface area is 107 Å². The van der Waals surface area contributed by atoms with Gasteiger partial charge >= 0.3 is 6.09 Å². The molecule has 0 atom stereocenters. The Bertz CT molecular complexity index is 591. The maximum Gasteiger partial charge on any atom is 0.404 e. The van der Waals surface area contributed by atoms with E-state index in [-0.39, 0.29) is 18.8 Å². The molecule has 0 aliphatic heterocycles. The molecule has 1 aromatic rings. The van der Waals surface area contributed by atoms with E-state index in [9.17, 15) is 22.0 Å². The molecular formula is C9H11F2N3O4S. The van der Waals surface area contributed by atoms with Crippen molar-refractivity contribution in [2.24, 2.45) is 5.73 Å². The molecule has 1 amide bonds. The van der Waals surface area contributed by atoms with Crippen LogP contribution in [0.15, 0.2) is 17.0 Å². The number of sulfonamides is 1. The molecule has 0 unspecified atom stereocenters. The second-order valence-corrected chi connectivity index (χ2v) is 5.12. The zero-order valence-corrected chi connectivity index (χ0v) is 10.3. The Kier molecular flexibility index (Phi) is 4.62. The number of rotatable bonds is 5. The maximum atomic E-state index is 13.4. The number of nitrogens with two attached hydrogens (primary N) is 2. The van der Waals surface area contributed by atoms with Crippen molar-refractivity contribution in [3.63, 3.8) is 0 Å². The molecule has 0 aliphatic carbocycles. The van der Waals surface area contributed by atoms with Crippen molar-refractivity contribution in [2.75, 3.05) is 18.9 Å². The van der Waals surface area contributed by atoms with Crippen LogP contribution in [0.5, 0.6) is 0 Å². The van der Waals surface area contributed by atoms with Crippen molar-refractivity contribution in [3.8, 4) is 0 Å². The van der Waals surface area contributed by atoms with Gasteiger partial charge in [0.15, 0.2) is 11.6 Å². The van der Waals surface area contributed by atoms with E-state index in [0.29, 0.717) is 6.07 Å². The Morgan fingerprint density at radius 2 is 2.00 bits per heavy atom. The van der Waals surface area contributed by atoms with Crippen molar-refractivity contribution in [2.45, 2.75) is 4.90 Å². The van der Waals surface area contributed by atoms with E-state index < -0.39 is 32.6 Å². The van der Waals surface area contributed by atoms with Gasteiger partial charge in [-0.3, -0.25) is 0 Å². The summed E-state index contributed by atoms with van der Waals surface area (Å²) in [4.78, 5) is 9.31. The minimum Gasteiger partial charge on any atom is -0.448 e. The highest BCUT2D eigenvalue weighted by atomic mass is 32.2. The first-order chi connectivity index (χ1) is 8.74. The van der Waals surface area contributed by atoms with Crippen molar-refractivity contribution in [1.29, 1.82) is 0 Å². The number of amides is 1. The van der Waals surface area contributed by atoms with Crippen LogP contribution in [0.3, 0.4) is 0 Å². The Balaban J connectivity index is 2.86. The zero-order valence-electron chi connectivity index (χ0n) is 9.52. The SMILES string of the molecule is NC(=O)OCCNS(=O)(=O)c1cc(N)cc(F)c1F. The molecular weight excluding hydrogens is 284 g/mol. The van der Waals surface area contributed by atoms with Crippen LogP contribution < -0.4 is 16.2 Å². The molecule has 19 heavy (non-hydrogen) atoms. The molecule has 1 rings (SSSR count). The Morgan fingerprint density at radius 3 is 2.58 bits per heavy atom. The van der Waals surface area contributed by atoms with Gasteiger partial charge in [-0.05, 0) is 12.1 Å². The molecule has 0 aromatic heterocycles. The number of hydrogen-bond acceptors (Lipinski definition) is 5. The topological polar surface area (TPSA) is 125 Å². The van der Waals surface area contributed by atoms with Crippen molar-refractivity contribution < 1.29 is 26.7 Å². The third-order valence-electron chi connectivity index (χ3n) is 1.95. The summed E-state index contributed by atoms with van der Waals surface area (Å²) in [7, 11) is -4.31. The van der Waals surface area contributed by atoms with Gasteiger partial charge < -0.3 is 16.2 Å². The summed E-state index contributed by atoms with van der Waals surface area (Å²) < 4.78 is 55.9. The molecule has 10 heteroatoms. The number of halogens is 2. The molecule has 106 valence electrons. The largest absolute Gasteiger partial charge is 0.448 e. The minimum absolute atomic E-state index is 0.243. The number of primary amides is 1. The van der Waals surface area contributed by atoms with Crippen LogP contribution in [0.25, 0.3) is 0 Å². The summed E-state index contributed by atoms with van der Waals surface area (Å²) in [5.74, 6) is -2.92. The van der Waals surface area contributed by atoms with E-state index in [2.05, 4.69) is 10.5 Å². The number of benzene rings is 1. The number of anilines is 1. The van der Waals surface area contributed by atoms with Gasteiger partial charge in [0.25, 0.3) is 0 Å². The van der Waals surface area contributed by atoms with Crippen molar-refractivity contribution >= 4 is 21.8 Å². The number of nitrogens with one attached hydrogen (secondary N) is 1. The number of carbonyl (C=O) groups is 1. The molecule has 0 aliphatic rings. The lowest BCUT2D eigenvalue weighted by Crippen LogP contribution is -2.30. The number of ether oxygens (including phenoxy) is 1. The lowest BCUT2D eigenvalue weighted by atomic mass is 10.3. The first-order valence-corrected chi connectivity index (χ1v) is 6.39. The molecule has 1 aromatic carbocycles. The fourth-order valence-electron chi connectivity index (χ4n) is 1.18. The Morgan fingerprint density at radius 1 is 1.37 bits per heavy atom. The van der Waals surface area contributed by atoms with E-state index in [0.717, 1.165) is 6.07 Å². The summed E-state index contributed by atoms with van der Waals surface area (Å²) >= 11 is 0. The summed E-state index contributed by atoms with van der Waals surface area (Å²) in [6, 6.07) is 1.43. The maximum absolute atomic E-state index is 13.4. The summed E-state index contributed by atoms with van der Waals surface area (Å²) in [5.41, 5.74) is 9.64. The molecule has 0 radical (unpaired) electrons. The number of carbonyl (C=O) groups excluding carboxylic acids is 1. The molecule has 5 N–H and O–H groups in total. The van der Waals surface area contributed by atoms with Crippen molar-refractivity contribution in [3.05, 3.63) is 23.8 Å². The monoisotopic (exact) mass is 295 g/mol. The van der Waals surface area contributed by atoms with Gasteiger partial charge in [0.05, 0.1) is 0 Å². The highest BCUT2D eigenvalue weighted by molar-refractivity contribution is 7.89. The van der Waals surface area contributed by atoms with E-state index >= 15 is 0 Å². The van der Waals surface area contributed by atoms with Crippen LogP contribution in [0.4, 0.5) is 19.3 Å². The van der Waals surface area contributed by atoms with Crippen LogP contribution in [-0.2, 0) is 14.8 Å².